The van der Waals surface area contributed by atoms with Crippen molar-refractivity contribution in [1.82, 2.24) is 14.7 Å². The Balaban J connectivity index is 0.000000269. The van der Waals surface area contributed by atoms with Crippen LogP contribution in [0.1, 0.15) is 56.9 Å². The Bertz CT molecular complexity index is 839. The van der Waals surface area contributed by atoms with Gasteiger partial charge in [0.05, 0.1) is 13.2 Å². The lowest BCUT2D eigenvalue weighted by Gasteiger charge is -2.30. The summed E-state index contributed by atoms with van der Waals surface area (Å²) in [6, 6.07) is 8.15. The molecule has 0 spiro atoms. The lowest BCUT2D eigenvalue weighted by atomic mass is 9.90. The van der Waals surface area contributed by atoms with Gasteiger partial charge in [-0.15, -0.1) is 0 Å². The second-order valence-corrected chi connectivity index (χ2v) is 11.5. The van der Waals surface area contributed by atoms with Gasteiger partial charge in [0.25, 0.3) is 9.24 Å². The molecule has 1 aromatic rings. The highest BCUT2D eigenvalue weighted by molar-refractivity contribution is 8.11. The summed E-state index contributed by atoms with van der Waals surface area (Å²) >= 11 is 0. The van der Waals surface area contributed by atoms with Gasteiger partial charge in [-0.1, -0.05) is 25.5 Å². The van der Waals surface area contributed by atoms with Gasteiger partial charge in [0.2, 0.25) is 5.91 Å². The van der Waals surface area contributed by atoms with Crippen molar-refractivity contribution < 1.29 is 27.9 Å². The zero-order valence-electron chi connectivity index (χ0n) is 20.8. The van der Waals surface area contributed by atoms with Crippen molar-refractivity contribution >= 4 is 25.8 Å². The third-order valence-electron chi connectivity index (χ3n) is 6.56. The summed E-state index contributed by atoms with van der Waals surface area (Å²) in [5.41, 5.74) is 2.95. The Morgan fingerprint density at radius 3 is 2.23 bits per heavy atom. The molecule has 200 valence electrons. The number of carbonyl (C=O) groups is 1. The third-order valence-corrected chi connectivity index (χ3v) is 8.13. The molecule has 0 saturated carbocycles. The number of nitrogens with zero attached hydrogens (tertiary/aromatic N) is 2. The van der Waals surface area contributed by atoms with E-state index in [1.54, 1.807) is 12.6 Å². The van der Waals surface area contributed by atoms with Gasteiger partial charge in [-0.25, -0.2) is 5.48 Å². The molecule has 0 radical (unpaired) electrons. The van der Waals surface area contributed by atoms with Crippen LogP contribution >= 0.6 is 10.7 Å². The zero-order chi connectivity index (χ0) is 25.7. The summed E-state index contributed by atoms with van der Waals surface area (Å²) in [6.45, 7) is 7.34. The number of carbonyl (C=O) groups excluding carboxylic acids is 1. The quantitative estimate of drug-likeness (QED) is 0.205. The molecule has 0 atom stereocenters. The van der Waals surface area contributed by atoms with Crippen LogP contribution in [0.5, 0.6) is 5.75 Å². The van der Waals surface area contributed by atoms with Crippen molar-refractivity contribution in [2.75, 3.05) is 53.0 Å². The monoisotopic (exact) mass is 533 g/mol. The van der Waals surface area contributed by atoms with Crippen LogP contribution in [-0.2, 0) is 18.8 Å². The lowest BCUT2D eigenvalue weighted by molar-refractivity contribution is -0.134. The van der Waals surface area contributed by atoms with E-state index in [2.05, 4.69) is 24.0 Å². The molecule has 0 bridgehead atoms. The molecule has 2 saturated heterocycles. The average Bonchev–Trinajstić information content (AvgIpc) is 2.88. The van der Waals surface area contributed by atoms with Crippen molar-refractivity contribution in [1.29, 1.82) is 0 Å². The molecule has 1 aromatic carbocycles. The van der Waals surface area contributed by atoms with Crippen LogP contribution in [0.15, 0.2) is 24.3 Å². The highest BCUT2D eigenvalue weighted by atomic mass is 35.7. The maximum absolute atomic E-state index is 11.3. The molecule has 3 rings (SSSR count). The van der Waals surface area contributed by atoms with E-state index in [0.717, 1.165) is 77.1 Å². The van der Waals surface area contributed by atoms with Gasteiger partial charge in [0, 0.05) is 43.3 Å². The van der Waals surface area contributed by atoms with E-state index in [9.17, 15) is 13.2 Å². The molecular weight excluding hydrogens is 494 g/mol. The molecule has 2 aliphatic heterocycles. The van der Waals surface area contributed by atoms with Gasteiger partial charge in [-0.2, -0.15) is 12.7 Å². The van der Waals surface area contributed by atoms with E-state index in [4.69, 9.17) is 25.4 Å². The first-order valence-electron chi connectivity index (χ1n) is 12.4. The number of likely N-dealkylation sites (tertiary alicyclic amines) is 1. The van der Waals surface area contributed by atoms with Crippen molar-refractivity contribution in [3.05, 3.63) is 29.8 Å². The summed E-state index contributed by atoms with van der Waals surface area (Å²) < 4.78 is 34.5. The number of amides is 1. The minimum Gasteiger partial charge on any atom is -0.494 e. The Morgan fingerprint density at radius 2 is 1.71 bits per heavy atom. The molecule has 35 heavy (non-hydrogen) atoms. The van der Waals surface area contributed by atoms with E-state index in [1.807, 2.05) is 12.1 Å². The number of piperidine rings is 2. The number of hydrogen-bond acceptors (Lipinski definition) is 7. The Labute approximate surface area is 214 Å². The summed E-state index contributed by atoms with van der Waals surface area (Å²) in [7, 11) is 3.49. The van der Waals surface area contributed by atoms with Crippen molar-refractivity contribution in [2.45, 2.75) is 51.4 Å². The highest BCUT2D eigenvalue weighted by Crippen LogP contribution is 2.30. The van der Waals surface area contributed by atoms with Gasteiger partial charge in [0.1, 0.15) is 5.75 Å². The van der Waals surface area contributed by atoms with Crippen molar-refractivity contribution in [3.63, 3.8) is 0 Å². The van der Waals surface area contributed by atoms with Gasteiger partial charge >= 0.3 is 0 Å². The van der Waals surface area contributed by atoms with E-state index < -0.39 is 9.24 Å². The molecule has 2 N–H and O–H groups in total. The molecule has 9 nitrogen and oxygen atoms in total. The molecule has 1 amide bonds. The molecule has 0 aromatic heterocycles. The average molecular weight is 534 g/mol. The number of ether oxygens (including phenoxy) is 2. The second-order valence-electron chi connectivity index (χ2n) is 8.97. The van der Waals surface area contributed by atoms with Gasteiger partial charge in [-0.05, 0) is 68.8 Å². The fourth-order valence-electron chi connectivity index (χ4n) is 4.31. The first-order chi connectivity index (χ1) is 16.8. The summed E-state index contributed by atoms with van der Waals surface area (Å²) in [6.07, 6.45) is 5.43. The summed E-state index contributed by atoms with van der Waals surface area (Å²) in [5.74, 6) is 1.01. The molecule has 0 unspecified atom stereocenters. The summed E-state index contributed by atoms with van der Waals surface area (Å²) in [4.78, 5) is 13.4. The van der Waals surface area contributed by atoms with Crippen LogP contribution in [0.4, 0.5) is 0 Å². The number of hydroxylamine groups is 1. The normalized spacial score (nSPS) is 18.5. The third kappa shape index (κ3) is 10.6. The Morgan fingerprint density at radius 1 is 1.09 bits per heavy atom. The number of nitrogens with one attached hydrogen (secondary N) is 1. The maximum atomic E-state index is 11.3. The van der Waals surface area contributed by atoms with E-state index in [-0.39, 0.29) is 11.8 Å². The molecule has 0 aliphatic carbocycles. The smallest absolute Gasteiger partial charge is 0.299 e. The van der Waals surface area contributed by atoms with E-state index >= 15 is 0 Å². The van der Waals surface area contributed by atoms with Crippen LogP contribution in [0.2, 0.25) is 0 Å². The number of rotatable bonds is 10. The first kappa shape index (κ1) is 29.8. The molecule has 2 fully saturated rings. The van der Waals surface area contributed by atoms with Crippen LogP contribution in [0.25, 0.3) is 0 Å². The fraction of sp³-hybridized carbons (Fsp3) is 0.708. The van der Waals surface area contributed by atoms with Gasteiger partial charge < -0.3 is 14.4 Å². The highest BCUT2D eigenvalue weighted by Gasteiger charge is 2.27. The Kier molecular flexibility index (Phi) is 13.3. The molecule has 11 heteroatoms. The molecule has 2 aliphatic rings. The van der Waals surface area contributed by atoms with Gasteiger partial charge in [0.15, 0.2) is 0 Å². The topological polar surface area (TPSA) is 108 Å². The number of hydrogen-bond donors (Lipinski definition) is 2. The molecular formula is C24H40ClN3O6S. The van der Waals surface area contributed by atoms with Crippen LogP contribution in [-0.4, -0.2) is 81.8 Å². The predicted molar refractivity (Wildman–Crippen MR) is 136 cm³/mol. The number of unbranched alkanes of at least 4 members (excludes halogenated alkanes) is 1. The Hall–Kier alpha value is -1.43. The fourth-order valence-corrected chi connectivity index (χ4v) is 5.37. The van der Waals surface area contributed by atoms with E-state index in [1.165, 1.54) is 9.87 Å². The lowest BCUT2D eigenvalue weighted by Crippen LogP contribution is -2.40. The van der Waals surface area contributed by atoms with Crippen molar-refractivity contribution in [3.8, 4) is 5.75 Å². The maximum Gasteiger partial charge on any atom is 0.299 e. The van der Waals surface area contributed by atoms with Crippen LogP contribution in [0, 0.1) is 5.92 Å². The first-order valence-corrected chi connectivity index (χ1v) is 14.6. The predicted octanol–water partition coefficient (Wildman–Crippen LogP) is 3.38. The summed E-state index contributed by atoms with van der Waals surface area (Å²) in [5, 5.41) is 8.46. The number of benzene rings is 1. The number of halogens is 1. The second kappa shape index (κ2) is 15.6. The van der Waals surface area contributed by atoms with E-state index in [0.29, 0.717) is 19.0 Å². The minimum atomic E-state index is -3.57. The largest absolute Gasteiger partial charge is 0.494 e. The van der Waals surface area contributed by atoms with Crippen LogP contribution in [0.3, 0.4) is 0 Å². The standard InChI is InChI=1S/C15H22ClNO3S.C9H18N2O3/c1-2-3-12-20-15-6-4-13(5-7-15)14-8-10-17(11-9-14)21(16,18)19;1-14-7-6-11-4-2-8(3-5-11)9(12)10-13/h4-7,14H,2-3,8-12H2,1H3;8,13H,2-7H2,1H3,(H,10,12). The molecule has 2 heterocycles. The van der Waals surface area contributed by atoms with Crippen LogP contribution < -0.4 is 10.2 Å². The van der Waals surface area contributed by atoms with Gasteiger partial charge in [-0.3, -0.25) is 10.0 Å². The minimum absolute atomic E-state index is 0.0289. The SMILES string of the molecule is CCCCOc1ccc(C2CCN(S(=O)(=O)Cl)CC2)cc1.COCCN1CCC(C(=O)NO)CC1. The van der Waals surface area contributed by atoms with Crippen molar-refractivity contribution in [2.24, 2.45) is 5.92 Å². The zero-order valence-corrected chi connectivity index (χ0v) is 22.4. The number of methoxy groups -OCH3 is 1.